The van der Waals surface area contributed by atoms with Gasteiger partial charge in [0.05, 0.1) is 24.4 Å². The van der Waals surface area contributed by atoms with Crippen LogP contribution in [0.15, 0.2) is 67.0 Å². The third-order valence-corrected chi connectivity index (χ3v) is 4.07. The van der Waals surface area contributed by atoms with E-state index in [1.54, 1.807) is 43.5 Å². The fourth-order valence-corrected chi connectivity index (χ4v) is 2.71. The maximum atomic E-state index is 13.9. The van der Waals surface area contributed by atoms with Gasteiger partial charge in [-0.25, -0.2) is 14.1 Å². The zero-order valence-corrected chi connectivity index (χ0v) is 14.4. The molecule has 0 fully saturated rings. The second-order valence-corrected chi connectivity index (χ2v) is 5.84. The van der Waals surface area contributed by atoms with Crippen LogP contribution in [0.3, 0.4) is 0 Å². The first-order valence-electron chi connectivity index (χ1n) is 8.20. The standard InChI is InChI=1S/C20H15FN4O2/c1-27-19-9-6-13-10-15(7-8-17(13)24-19)23-20(26)14-11-22-25(12-14)18-5-3-2-4-16(18)21/h2-12H,1H3,(H,23,26). The van der Waals surface area contributed by atoms with E-state index in [4.69, 9.17) is 4.74 Å². The Morgan fingerprint density at radius 3 is 2.81 bits per heavy atom. The number of para-hydroxylation sites is 1. The van der Waals surface area contributed by atoms with Crippen LogP contribution in [0.2, 0.25) is 0 Å². The third kappa shape index (κ3) is 3.35. The first kappa shape index (κ1) is 16.7. The van der Waals surface area contributed by atoms with E-state index in [0.29, 0.717) is 17.1 Å². The molecule has 0 aliphatic rings. The summed E-state index contributed by atoms with van der Waals surface area (Å²) in [5, 5.41) is 7.76. The number of ether oxygens (including phenoxy) is 1. The van der Waals surface area contributed by atoms with Crippen LogP contribution in [-0.4, -0.2) is 27.8 Å². The summed E-state index contributed by atoms with van der Waals surface area (Å²) in [5.41, 5.74) is 1.99. The number of benzene rings is 2. The topological polar surface area (TPSA) is 69.0 Å². The van der Waals surface area contributed by atoms with Crippen LogP contribution in [0.25, 0.3) is 16.6 Å². The first-order valence-corrected chi connectivity index (χ1v) is 8.20. The van der Waals surface area contributed by atoms with Crippen molar-refractivity contribution >= 4 is 22.5 Å². The molecule has 0 atom stereocenters. The monoisotopic (exact) mass is 362 g/mol. The van der Waals surface area contributed by atoms with Crippen molar-refractivity contribution in [3.63, 3.8) is 0 Å². The minimum Gasteiger partial charge on any atom is -0.481 e. The van der Waals surface area contributed by atoms with Gasteiger partial charge in [-0.2, -0.15) is 5.10 Å². The molecular weight excluding hydrogens is 347 g/mol. The van der Waals surface area contributed by atoms with E-state index < -0.39 is 5.82 Å². The van der Waals surface area contributed by atoms with Crippen molar-refractivity contribution in [3.05, 3.63) is 78.4 Å². The highest BCUT2D eigenvalue weighted by molar-refractivity contribution is 6.04. The largest absolute Gasteiger partial charge is 0.481 e. The molecule has 2 aromatic carbocycles. The van der Waals surface area contributed by atoms with E-state index in [0.717, 1.165) is 10.9 Å². The first-order chi connectivity index (χ1) is 13.1. The summed E-state index contributed by atoms with van der Waals surface area (Å²) >= 11 is 0. The molecule has 7 heteroatoms. The van der Waals surface area contributed by atoms with E-state index in [1.807, 2.05) is 12.1 Å². The number of hydrogen-bond donors (Lipinski definition) is 1. The highest BCUT2D eigenvalue weighted by atomic mass is 19.1. The van der Waals surface area contributed by atoms with Gasteiger partial charge in [0.2, 0.25) is 5.88 Å². The van der Waals surface area contributed by atoms with Crippen molar-refractivity contribution in [1.82, 2.24) is 14.8 Å². The Morgan fingerprint density at radius 2 is 2.00 bits per heavy atom. The van der Waals surface area contributed by atoms with Crippen LogP contribution in [0.4, 0.5) is 10.1 Å². The van der Waals surface area contributed by atoms with Gasteiger partial charge in [-0.1, -0.05) is 12.1 Å². The molecule has 4 rings (SSSR count). The molecule has 0 radical (unpaired) electrons. The van der Waals surface area contributed by atoms with Gasteiger partial charge in [-0.05, 0) is 36.4 Å². The number of pyridine rings is 1. The Labute approximate surface area is 154 Å². The van der Waals surface area contributed by atoms with Crippen LogP contribution < -0.4 is 10.1 Å². The second kappa shape index (κ2) is 6.87. The predicted molar refractivity (Wildman–Crippen MR) is 99.8 cm³/mol. The fraction of sp³-hybridized carbons (Fsp3) is 0.0500. The molecule has 134 valence electrons. The van der Waals surface area contributed by atoms with Gasteiger partial charge < -0.3 is 10.1 Å². The number of rotatable bonds is 4. The minimum atomic E-state index is -0.412. The molecule has 0 aliphatic heterocycles. The maximum absolute atomic E-state index is 13.9. The van der Waals surface area contributed by atoms with Crippen LogP contribution in [0.1, 0.15) is 10.4 Å². The Kier molecular flexibility index (Phi) is 4.25. The van der Waals surface area contributed by atoms with Gasteiger partial charge in [0.25, 0.3) is 5.91 Å². The van der Waals surface area contributed by atoms with E-state index in [2.05, 4.69) is 15.4 Å². The quantitative estimate of drug-likeness (QED) is 0.599. The molecule has 27 heavy (non-hydrogen) atoms. The van der Waals surface area contributed by atoms with Crippen LogP contribution >= 0.6 is 0 Å². The van der Waals surface area contributed by atoms with E-state index in [1.165, 1.54) is 23.1 Å². The summed E-state index contributed by atoms with van der Waals surface area (Å²) in [6.45, 7) is 0. The van der Waals surface area contributed by atoms with Crippen LogP contribution in [0.5, 0.6) is 5.88 Å². The molecule has 1 amide bonds. The average molecular weight is 362 g/mol. The van der Waals surface area contributed by atoms with Gasteiger partial charge in [-0.3, -0.25) is 4.79 Å². The van der Waals surface area contributed by atoms with E-state index in [9.17, 15) is 9.18 Å². The van der Waals surface area contributed by atoms with Crippen molar-refractivity contribution in [3.8, 4) is 11.6 Å². The summed E-state index contributed by atoms with van der Waals surface area (Å²) in [6.07, 6.45) is 2.89. The lowest BCUT2D eigenvalue weighted by Crippen LogP contribution is -2.11. The highest BCUT2D eigenvalue weighted by Crippen LogP contribution is 2.21. The average Bonchev–Trinajstić information content (AvgIpc) is 3.18. The molecule has 4 aromatic rings. The van der Waals surface area contributed by atoms with Gasteiger partial charge in [0.15, 0.2) is 0 Å². The Balaban J connectivity index is 1.56. The number of carbonyl (C=O) groups is 1. The van der Waals surface area contributed by atoms with Gasteiger partial charge in [0, 0.05) is 23.3 Å². The lowest BCUT2D eigenvalue weighted by Gasteiger charge is -2.06. The van der Waals surface area contributed by atoms with Gasteiger partial charge >= 0.3 is 0 Å². The predicted octanol–water partition coefficient (Wildman–Crippen LogP) is 3.82. The number of amides is 1. The van der Waals surface area contributed by atoms with Crippen molar-refractivity contribution in [2.24, 2.45) is 0 Å². The SMILES string of the molecule is COc1ccc2cc(NC(=O)c3cnn(-c4ccccc4F)c3)ccc2n1. The summed E-state index contributed by atoms with van der Waals surface area (Å²) in [7, 11) is 1.56. The number of anilines is 1. The lowest BCUT2D eigenvalue weighted by molar-refractivity contribution is 0.102. The maximum Gasteiger partial charge on any atom is 0.258 e. The van der Waals surface area contributed by atoms with Crippen molar-refractivity contribution in [2.75, 3.05) is 12.4 Å². The zero-order valence-electron chi connectivity index (χ0n) is 14.4. The second-order valence-electron chi connectivity index (χ2n) is 5.84. The zero-order chi connectivity index (χ0) is 18.8. The molecule has 6 nitrogen and oxygen atoms in total. The molecule has 1 N–H and O–H groups in total. The molecule has 0 unspecified atom stereocenters. The molecule has 0 saturated carbocycles. The molecule has 0 spiro atoms. The van der Waals surface area contributed by atoms with E-state index in [-0.39, 0.29) is 11.6 Å². The third-order valence-electron chi connectivity index (χ3n) is 4.07. The molecular formula is C20H15FN4O2. The molecule has 0 aliphatic carbocycles. The van der Waals surface area contributed by atoms with Crippen molar-refractivity contribution in [1.29, 1.82) is 0 Å². The van der Waals surface area contributed by atoms with Crippen LogP contribution in [-0.2, 0) is 0 Å². The number of fused-ring (bicyclic) bond motifs is 1. The van der Waals surface area contributed by atoms with Crippen molar-refractivity contribution < 1.29 is 13.9 Å². The summed E-state index contributed by atoms with van der Waals surface area (Å²) in [4.78, 5) is 16.8. The number of methoxy groups -OCH3 is 1. The summed E-state index contributed by atoms with van der Waals surface area (Å²) in [5.74, 6) is -0.219. The Bertz CT molecular complexity index is 1140. The molecule has 2 aromatic heterocycles. The normalized spacial score (nSPS) is 10.7. The number of nitrogens with one attached hydrogen (secondary N) is 1. The molecule has 2 heterocycles. The smallest absolute Gasteiger partial charge is 0.258 e. The van der Waals surface area contributed by atoms with Gasteiger partial charge in [-0.15, -0.1) is 0 Å². The van der Waals surface area contributed by atoms with Gasteiger partial charge in [0.1, 0.15) is 11.5 Å². The van der Waals surface area contributed by atoms with E-state index >= 15 is 0 Å². The number of aromatic nitrogens is 3. The Hall–Kier alpha value is -3.74. The Morgan fingerprint density at radius 1 is 1.15 bits per heavy atom. The van der Waals surface area contributed by atoms with Crippen molar-refractivity contribution in [2.45, 2.75) is 0 Å². The molecule has 0 bridgehead atoms. The number of hydrogen-bond acceptors (Lipinski definition) is 4. The fourth-order valence-electron chi connectivity index (χ4n) is 2.71. The highest BCUT2D eigenvalue weighted by Gasteiger charge is 2.12. The summed E-state index contributed by atoms with van der Waals surface area (Å²) in [6, 6.07) is 15.2. The number of halogens is 1. The number of nitrogens with zero attached hydrogens (tertiary/aromatic N) is 3. The summed E-state index contributed by atoms with van der Waals surface area (Å²) < 4.78 is 20.3. The molecule has 0 saturated heterocycles. The number of carbonyl (C=O) groups excluding carboxylic acids is 1. The minimum absolute atomic E-state index is 0.280. The van der Waals surface area contributed by atoms with Crippen LogP contribution in [0, 0.1) is 5.82 Å². The lowest BCUT2D eigenvalue weighted by atomic mass is 10.2.